The van der Waals surface area contributed by atoms with E-state index >= 15 is 0 Å². The van der Waals surface area contributed by atoms with Crippen LogP contribution in [0.4, 0.5) is 0 Å². The lowest BCUT2D eigenvalue weighted by Crippen LogP contribution is -2.41. The minimum atomic E-state index is -0.306. The Morgan fingerprint density at radius 2 is 1.64 bits per heavy atom. The highest BCUT2D eigenvalue weighted by atomic mass is 16.5. The molecule has 146 valence electrons. The Morgan fingerprint density at radius 1 is 0.964 bits per heavy atom. The van der Waals surface area contributed by atoms with Crippen molar-refractivity contribution in [3.05, 3.63) is 71.4 Å². The Morgan fingerprint density at radius 3 is 2.29 bits per heavy atom. The first-order chi connectivity index (χ1) is 13.7. The fourth-order valence-electron chi connectivity index (χ4n) is 3.32. The third kappa shape index (κ3) is 5.46. The van der Waals surface area contributed by atoms with E-state index in [4.69, 9.17) is 4.74 Å². The van der Waals surface area contributed by atoms with Crippen LogP contribution in [0.2, 0.25) is 0 Å². The van der Waals surface area contributed by atoms with E-state index in [-0.39, 0.29) is 23.6 Å². The number of rotatable bonds is 6. The first kappa shape index (κ1) is 19.7. The molecular formula is C23H26N2O3. The third-order valence-corrected chi connectivity index (χ3v) is 4.90. The molecule has 1 aliphatic carbocycles. The van der Waals surface area contributed by atoms with Crippen LogP contribution in [0.1, 0.15) is 48.0 Å². The van der Waals surface area contributed by atoms with Crippen molar-refractivity contribution in [2.75, 3.05) is 7.11 Å². The summed E-state index contributed by atoms with van der Waals surface area (Å²) in [5, 5.41) is 5.85. The Hall–Kier alpha value is -3.08. The van der Waals surface area contributed by atoms with E-state index in [1.165, 1.54) is 6.42 Å². The van der Waals surface area contributed by atoms with Gasteiger partial charge in [0.2, 0.25) is 0 Å². The summed E-state index contributed by atoms with van der Waals surface area (Å²) in [6, 6.07) is 16.4. The van der Waals surface area contributed by atoms with Crippen molar-refractivity contribution in [1.29, 1.82) is 0 Å². The summed E-state index contributed by atoms with van der Waals surface area (Å²) in [7, 11) is 1.61. The third-order valence-electron chi connectivity index (χ3n) is 4.90. The van der Waals surface area contributed by atoms with Gasteiger partial charge in [0.05, 0.1) is 7.11 Å². The Balaban J connectivity index is 1.80. The van der Waals surface area contributed by atoms with Crippen molar-refractivity contribution in [2.45, 2.75) is 38.1 Å². The maximum absolute atomic E-state index is 12.9. The second-order valence-electron chi connectivity index (χ2n) is 6.96. The van der Waals surface area contributed by atoms with Gasteiger partial charge in [0, 0.05) is 11.6 Å². The zero-order valence-electron chi connectivity index (χ0n) is 16.1. The lowest BCUT2D eigenvalue weighted by atomic mass is 9.95. The number of carbonyl (C=O) groups excluding carboxylic acids is 2. The van der Waals surface area contributed by atoms with E-state index in [1.54, 1.807) is 37.5 Å². The number of nitrogens with one attached hydrogen (secondary N) is 2. The molecule has 2 aromatic rings. The highest BCUT2D eigenvalue weighted by Crippen LogP contribution is 2.18. The summed E-state index contributed by atoms with van der Waals surface area (Å²) in [4.78, 5) is 25.5. The van der Waals surface area contributed by atoms with Crippen molar-refractivity contribution < 1.29 is 14.3 Å². The average molecular weight is 378 g/mol. The molecule has 1 aliphatic rings. The van der Waals surface area contributed by atoms with Gasteiger partial charge in [-0.3, -0.25) is 9.59 Å². The molecule has 0 atom stereocenters. The predicted molar refractivity (Wildman–Crippen MR) is 110 cm³/mol. The number of benzene rings is 2. The van der Waals surface area contributed by atoms with Crippen molar-refractivity contribution in [2.24, 2.45) is 0 Å². The smallest absolute Gasteiger partial charge is 0.268 e. The Kier molecular flexibility index (Phi) is 6.84. The van der Waals surface area contributed by atoms with Crippen LogP contribution in [0.15, 0.2) is 60.3 Å². The van der Waals surface area contributed by atoms with Gasteiger partial charge >= 0.3 is 0 Å². The van der Waals surface area contributed by atoms with Crippen molar-refractivity contribution in [3.63, 3.8) is 0 Å². The molecule has 0 spiro atoms. The molecule has 28 heavy (non-hydrogen) atoms. The van der Waals surface area contributed by atoms with Gasteiger partial charge in [0.25, 0.3) is 11.8 Å². The van der Waals surface area contributed by atoms with Gasteiger partial charge in [-0.25, -0.2) is 0 Å². The number of carbonyl (C=O) groups is 2. The lowest BCUT2D eigenvalue weighted by Gasteiger charge is -2.23. The van der Waals surface area contributed by atoms with Crippen molar-refractivity contribution in [3.8, 4) is 5.75 Å². The topological polar surface area (TPSA) is 67.4 Å². The zero-order valence-corrected chi connectivity index (χ0v) is 16.1. The van der Waals surface area contributed by atoms with Crippen molar-refractivity contribution in [1.82, 2.24) is 10.6 Å². The average Bonchev–Trinajstić information content (AvgIpc) is 2.75. The molecule has 2 aromatic carbocycles. The van der Waals surface area contributed by atoms with E-state index in [9.17, 15) is 9.59 Å². The molecule has 1 saturated carbocycles. The van der Waals surface area contributed by atoms with Gasteiger partial charge in [-0.2, -0.15) is 0 Å². The normalized spacial score (nSPS) is 15.0. The van der Waals surface area contributed by atoms with Gasteiger partial charge in [-0.1, -0.05) is 49.6 Å². The standard InChI is InChI=1S/C23H26N2O3/c1-28-20-14-12-17(13-15-20)16-21(23(27)24-19-10-6-3-7-11-19)25-22(26)18-8-4-2-5-9-18/h2,4-5,8-9,12-16,19H,3,6-7,10-11H2,1H3,(H,24,27)(H,25,26)/b21-16+. The number of hydrogen-bond donors (Lipinski definition) is 2. The van der Waals surface area contributed by atoms with E-state index in [1.807, 2.05) is 30.3 Å². The quantitative estimate of drug-likeness (QED) is 0.749. The summed E-state index contributed by atoms with van der Waals surface area (Å²) in [6.45, 7) is 0. The maximum Gasteiger partial charge on any atom is 0.268 e. The molecule has 0 saturated heterocycles. The summed E-state index contributed by atoms with van der Waals surface area (Å²) in [5.41, 5.74) is 1.56. The SMILES string of the molecule is COc1ccc(/C=C(/NC(=O)c2ccccc2)C(=O)NC2CCCCC2)cc1. The van der Waals surface area contributed by atoms with E-state index < -0.39 is 0 Å². The van der Waals surface area contributed by atoms with Crippen LogP contribution in [-0.2, 0) is 4.79 Å². The molecule has 2 amide bonds. The number of hydrogen-bond acceptors (Lipinski definition) is 3. The van der Waals surface area contributed by atoms with Crippen LogP contribution < -0.4 is 15.4 Å². The summed E-state index contributed by atoms with van der Waals surface area (Å²) < 4.78 is 5.17. The van der Waals surface area contributed by atoms with Crippen LogP contribution in [0.25, 0.3) is 6.08 Å². The van der Waals surface area contributed by atoms with E-state index in [0.29, 0.717) is 5.56 Å². The molecular weight excluding hydrogens is 352 g/mol. The molecule has 0 radical (unpaired) electrons. The highest BCUT2D eigenvalue weighted by molar-refractivity contribution is 6.05. The van der Waals surface area contributed by atoms with Gasteiger partial charge in [0.15, 0.2) is 0 Å². The van der Waals surface area contributed by atoms with Gasteiger partial charge in [0.1, 0.15) is 11.4 Å². The minimum Gasteiger partial charge on any atom is -0.497 e. The zero-order chi connectivity index (χ0) is 19.8. The Labute approximate surface area is 165 Å². The molecule has 0 heterocycles. The summed E-state index contributed by atoms with van der Waals surface area (Å²) in [5.74, 6) is 0.171. The molecule has 3 rings (SSSR count). The number of amides is 2. The molecule has 5 heteroatoms. The minimum absolute atomic E-state index is 0.161. The molecule has 0 aliphatic heterocycles. The number of ether oxygens (including phenoxy) is 1. The number of methoxy groups -OCH3 is 1. The molecule has 1 fully saturated rings. The molecule has 0 aromatic heterocycles. The van der Waals surface area contributed by atoms with Crippen LogP contribution in [-0.4, -0.2) is 25.0 Å². The molecule has 2 N–H and O–H groups in total. The van der Waals surface area contributed by atoms with E-state index in [0.717, 1.165) is 37.0 Å². The second kappa shape index (κ2) is 9.74. The highest BCUT2D eigenvalue weighted by Gasteiger charge is 2.20. The predicted octanol–water partition coefficient (Wildman–Crippen LogP) is 3.92. The fourth-order valence-corrected chi connectivity index (χ4v) is 3.32. The second-order valence-corrected chi connectivity index (χ2v) is 6.96. The van der Waals surface area contributed by atoms with Gasteiger partial charge in [-0.15, -0.1) is 0 Å². The van der Waals surface area contributed by atoms with E-state index in [2.05, 4.69) is 10.6 Å². The van der Waals surface area contributed by atoms with Crippen LogP contribution in [0.5, 0.6) is 5.75 Å². The lowest BCUT2D eigenvalue weighted by molar-refractivity contribution is -0.118. The largest absolute Gasteiger partial charge is 0.497 e. The fraction of sp³-hybridized carbons (Fsp3) is 0.304. The monoisotopic (exact) mass is 378 g/mol. The summed E-state index contributed by atoms with van der Waals surface area (Å²) in [6.07, 6.45) is 7.12. The molecule has 0 bridgehead atoms. The van der Waals surface area contributed by atoms with Gasteiger partial charge < -0.3 is 15.4 Å². The van der Waals surface area contributed by atoms with Crippen LogP contribution in [0.3, 0.4) is 0 Å². The molecule has 5 nitrogen and oxygen atoms in total. The van der Waals surface area contributed by atoms with Crippen LogP contribution in [0, 0.1) is 0 Å². The summed E-state index contributed by atoms with van der Waals surface area (Å²) >= 11 is 0. The first-order valence-corrected chi connectivity index (χ1v) is 9.69. The first-order valence-electron chi connectivity index (χ1n) is 9.69. The molecule has 0 unspecified atom stereocenters. The maximum atomic E-state index is 12.9. The Bertz CT molecular complexity index is 823. The van der Waals surface area contributed by atoms with Crippen molar-refractivity contribution >= 4 is 17.9 Å². The van der Waals surface area contributed by atoms with Crippen LogP contribution >= 0.6 is 0 Å². The van der Waals surface area contributed by atoms with Gasteiger partial charge in [-0.05, 0) is 48.7 Å².